The van der Waals surface area contributed by atoms with Crippen molar-refractivity contribution in [1.29, 1.82) is 0 Å². The van der Waals surface area contributed by atoms with Crippen LogP contribution < -0.4 is 0 Å². The van der Waals surface area contributed by atoms with Gasteiger partial charge in [0.15, 0.2) is 0 Å². The van der Waals surface area contributed by atoms with Crippen molar-refractivity contribution in [1.82, 2.24) is 0 Å². The lowest BCUT2D eigenvalue weighted by atomic mass is 9.44. The predicted octanol–water partition coefficient (Wildman–Crippen LogP) is 8.07. The average Bonchev–Trinajstić information content (AvgIpc) is 3.12. The number of hydrogen-bond donors (Lipinski definition) is 1. The number of carboxylic acids is 1. The molecule has 0 aromatic rings. The minimum Gasteiger partial charge on any atom is -0.478 e. The fourth-order valence-corrected chi connectivity index (χ4v) is 9.60. The van der Waals surface area contributed by atoms with Gasteiger partial charge in [-0.25, -0.2) is 4.79 Å². The van der Waals surface area contributed by atoms with E-state index in [1.54, 1.807) is 6.92 Å². The van der Waals surface area contributed by atoms with Gasteiger partial charge in [0.25, 0.3) is 0 Å². The molecule has 0 heterocycles. The topological polar surface area (TPSA) is 89.9 Å². The number of carbonyl (C=O) groups excluding carboxylic acids is 2. The molecule has 6 heteroatoms. The third kappa shape index (κ3) is 5.09. The molecule has 0 aromatic heterocycles. The van der Waals surface area contributed by atoms with Crippen molar-refractivity contribution in [3.05, 3.63) is 34.9 Å². The SMILES string of the molecule is CC(=O)O[C@H]1CC[C@]2(C)C3=CC[C@]4(C)[C@@H]([C@H](C)CC/C=C(\C)C(=O)O)C[C@H](OC(=O)C(C)C)[C@@]4(C)C3=CC[C@H]2C1(C)C. The Kier molecular flexibility index (Phi) is 8.74. The molecule has 8 atom stereocenters. The Morgan fingerprint density at radius 1 is 1.00 bits per heavy atom. The molecule has 2 fully saturated rings. The molecule has 234 valence electrons. The van der Waals surface area contributed by atoms with Gasteiger partial charge in [-0.3, -0.25) is 9.59 Å². The highest BCUT2D eigenvalue weighted by Gasteiger charge is 2.67. The Morgan fingerprint density at radius 3 is 2.26 bits per heavy atom. The molecule has 4 aliphatic rings. The van der Waals surface area contributed by atoms with Crippen LogP contribution in [0.15, 0.2) is 34.9 Å². The van der Waals surface area contributed by atoms with Gasteiger partial charge in [0.05, 0.1) is 5.92 Å². The maximum Gasteiger partial charge on any atom is 0.330 e. The molecule has 0 saturated heterocycles. The lowest BCUT2D eigenvalue weighted by Crippen LogP contribution is -2.56. The largest absolute Gasteiger partial charge is 0.478 e. The lowest BCUT2D eigenvalue weighted by Gasteiger charge is -2.61. The summed E-state index contributed by atoms with van der Waals surface area (Å²) in [5.41, 5.74) is 2.49. The van der Waals surface area contributed by atoms with Gasteiger partial charge in [-0.15, -0.1) is 0 Å². The van der Waals surface area contributed by atoms with E-state index in [1.807, 2.05) is 19.9 Å². The van der Waals surface area contributed by atoms with E-state index in [-0.39, 0.29) is 51.7 Å². The fourth-order valence-electron chi connectivity index (χ4n) is 9.60. The maximum absolute atomic E-state index is 13.1. The second-order valence-electron chi connectivity index (χ2n) is 15.4. The van der Waals surface area contributed by atoms with Crippen LogP contribution in [0.4, 0.5) is 0 Å². The lowest BCUT2D eigenvalue weighted by molar-refractivity contribution is -0.166. The molecule has 2 saturated carbocycles. The highest BCUT2D eigenvalue weighted by Crippen LogP contribution is 2.72. The number of hydrogen-bond acceptors (Lipinski definition) is 5. The maximum atomic E-state index is 13.1. The summed E-state index contributed by atoms with van der Waals surface area (Å²) in [6.07, 6.45) is 12.5. The third-order valence-electron chi connectivity index (χ3n) is 12.4. The monoisotopic (exact) mass is 582 g/mol. The van der Waals surface area contributed by atoms with E-state index in [2.05, 4.69) is 53.7 Å². The molecular weight excluding hydrogens is 528 g/mol. The van der Waals surface area contributed by atoms with Gasteiger partial charge in [0, 0.05) is 23.3 Å². The van der Waals surface area contributed by atoms with Crippen molar-refractivity contribution >= 4 is 17.9 Å². The fraction of sp³-hybridized carbons (Fsp3) is 0.750. The van der Waals surface area contributed by atoms with Gasteiger partial charge in [-0.2, -0.15) is 0 Å². The van der Waals surface area contributed by atoms with Crippen LogP contribution in [0, 0.1) is 45.3 Å². The molecule has 4 aliphatic carbocycles. The predicted molar refractivity (Wildman–Crippen MR) is 164 cm³/mol. The standard InChI is InChI=1S/C36H54O6/c1-21(2)32(40)42-30-20-27(22(3)12-11-13-23(4)31(38)39)35(9)19-16-25-26(36(30,35)10)14-15-28-33(6,7)29(41-24(5)37)17-18-34(25,28)8/h13-14,16,21-22,27-30H,11-12,15,17-20H2,1-10H3,(H,38,39)/b23-13+/t22-,27-,28+,29+,30+,34-,35-,36-/m1/s1. The summed E-state index contributed by atoms with van der Waals surface area (Å²) < 4.78 is 12.3. The van der Waals surface area contributed by atoms with Crippen LogP contribution in [0.3, 0.4) is 0 Å². The minimum atomic E-state index is -0.866. The summed E-state index contributed by atoms with van der Waals surface area (Å²) in [5, 5.41) is 9.30. The van der Waals surface area contributed by atoms with Crippen LogP contribution in [0.25, 0.3) is 0 Å². The highest BCUT2D eigenvalue weighted by atomic mass is 16.5. The zero-order valence-electron chi connectivity index (χ0n) is 27.6. The Labute approximate surface area is 253 Å². The van der Waals surface area contributed by atoms with Crippen LogP contribution in [-0.4, -0.2) is 35.2 Å². The number of ether oxygens (including phenoxy) is 2. The second-order valence-corrected chi connectivity index (χ2v) is 15.4. The van der Waals surface area contributed by atoms with Crippen LogP contribution in [0.5, 0.6) is 0 Å². The van der Waals surface area contributed by atoms with Crippen molar-refractivity contribution in [2.45, 2.75) is 126 Å². The van der Waals surface area contributed by atoms with E-state index in [4.69, 9.17) is 9.47 Å². The summed E-state index contributed by atoms with van der Waals surface area (Å²) >= 11 is 0. The van der Waals surface area contributed by atoms with E-state index in [0.717, 1.165) is 44.9 Å². The van der Waals surface area contributed by atoms with Gasteiger partial charge < -0.3 is 14.6 Å². The molecule has 4 rings (SSSR count). The number of allylic oxidation sites excluding steroid dienone is 4. The summed E-state index contributed by atoms with van der Waals surface area (Å²) in [4.78, 5) is 36.4. The number of carboxylic acid groups (broad SMARTS) is 1. The normalized spacial score (nSPS) is 37.9. The molecule has 0 spiro atoms. The molecule has 0 amide bonds. The van der Waals surface area contributed by atoms with Gasteiger partial charge in [0.2, 0.25) is 0 Å². The summed E-state index contributed by atoms with van der Waals surface area (Å²) in [6.45, 7) is 20.9. The molecular formula is C36H54O6. The highest BCUT2D eigenvalue weighted by molar-refractivity contribution is 5.85. The van der Waals surface area contributed by atoms with Gasteiger partial charge in [0.1, 0.15) is 12.2 Å². The van der Waals surface area contributed by atoms with Crippen LogP contribution in [0.1, 0.15) is 114 Å². The van der Waals surface area contributed by atoms with Gasteiger partial charge >= 0.3 is 17.9 Å². The number of esters is 2. The van der Waals surface area contributed by atoms with Crippen molar-refractivity contribution in [3.8, 4) is 0 Å². The first-order chi connectivity index (χ1) is 19.4. The first-order valence-electron chi connectivity index (χ1n) is 16.1. The Hall–Kier alpha value is -2.37. The van der Waals surface area contributed by atoms with Crippen molar-refractivity contribution in [2.24, 2.45) is 45.3 Å². The van der Waals surface area contributed by atoms with Gasteiger partial charge in [-0.05, 0) is 91.6 Å². The Bertz CT molecular complexity index is 1210. The molecule has 6 nitrogen and oxygen atoms in total. The van der Waals surface area contributed by atoms with Crippen LogP contribution in [0.2, 0.25) is 0 Å². The summed E-state index contributed by atoms with van der Waals surface area (Å²) in [7, 11) is 0. The molecule has 0 radical (unpaired) electrons. The smallest absolute Gasteiger partial charge is 0.330 e. The quantitative estimate of drug-likeness (QED) is 0.230. The van der Waals surface area contributed by atoms with Gasteiger partial charge in [-0.1, -0.05) is 73.6 Å². The molecule has 0 aromatic carbocycles. The Morgan fingerprint density at radius 2 is 1.67 bits per heavy atom. The molecule has 42 heavy (non-hydrogen) atoms. The third-order valence-corrected chi connectivity index (χ3v) is 12.4. The average molecular weight is 583 g/mol. The van der Waals surface area contributed by atoms with Crippen molar-refractivity contribution < 1.29 is 29.0 Å². The van der Waals surface area contributed by atoms with E-state index in [9.17, 15) is 19.5 Å². The van der Waals surface area contributed by atoms with Crippen LogP contribution in [-0.2, 0) is 23.9 Å². The first kappa shape index (κ1) is 32.5. The minimum absolute atomic E-state index is 0.0516. The van der Waals surface area contributed by atoms with E-state index in [1.165, 1.54) is 18.1 Å². The molecule has 0 bridgehead atoms. The first-order valence-corrected chi connectivity index (χ1v) is 16.1. The number of carbonyl (C=O) groups is 3. The second kappa shape index (κ2) is 11.3. The number of aliphatic carboxylic acids is 1. The number of fused-ring (bicyclic) bond motifs is 5. The van der Waals surface area contributed by atoms with Crippen molar-refractivity contribution in [2.75, 3.05) is 0 Å². The van der Waals surface area contributed by atoms with E-state index >= 15 is 0 Å². The van der Waals surface area contributed by atoms with E-state index in [0.29, 0.717) is 23.3 Å². The van der Waals surface area contributed by atoms with Crippen LogP contribution >= 0.6 is 0 Å². The zero-order chi connectivity index (χ0) is 31.4. The summed E-state index contributed by atoms with van der Waals surface area (Å²) in [6, 6.07) is 0. The molecule has 0 aliphatic heterocycles. The molecule has 1 N–H and O–H groups in total. The van der Waals surface area contributed by atoms with E-state index < -0.39 is 5.97 Å². The Balaban J connectivity index is 1.74. The zero-order valence-corrected chi connectivity index (χ0v) is 27.6. The van der Waals surface area contributed by atoms with Crippen molar-refractivity contribution in [3.63, 3.8) is 0 Å². The number of rotatable bonds is 8. The molecule has 0 unspecified atom stereocenters. The summed E-state index contributed by atoms with van der Waals surface area (Å²) in [5.74, 6) is -0.409.